The van der Waals surface area contributed by atoms with Crippen LogP contribution in [0.3, 0.4) is 0 Å². The van der Waals surface area contributed by atoms with Crippen LogP contribution in [0.15, 0.2) is 12.1 Å². The van der Waals surface area contributed by atoms with Crippen LogP contribution in [-0.4, -0.2) is 44.4 Å². The molecule has 3 N–H and O–H groups in total. The molecule has 1 heterocycles. The number of anilines is 3. The van der Waals surface area contributed by atoms with E-state index in [2.05, 4.69) is 5.32 Å². The monoisotopic (exact) mass is 276 g/mol. The maximum atomic E-state index is 11.8. The minimum Gasteiger partial charge on any atom is -0.397 e. The van der Waals surface area contributed by atoms with Gasteiger partial charge in [0.05, 0.1) is 17.9 Å². The predicted octanol–water partition coefficient (Wildman–Crippen LogP) is 0.678. The van der Waals surface area contributed by atoms with Crippen molar-refractivity contribution < 1.29 is 9.59 Å². The third kappa shape index (κ3) is 2.84. The minimum atomic E-state index is -0.00587. The molecule has 1 aliphatic heterocycles. The summed E-state index contributed by atoms with van der Waals surface area (Å²) >= 11 is 0. The number of nitrogens with one attached hydrogen (secondary N) is 1. The van der Waals surface area contributed by atoms with Gasteiger partial charge in [-0.05, 0) is 24.1 Å². The van der Waals surface area contributed by atoms with Gasteiger partial charge in [0.25, 0.3) is 0 Å². The molecule has 108 valence electrons. The van der Waals surface area contributed by atoms with Crippen LogP contribution in [0.1, 0.15) is 12.0 Å². The summed E-state index contributed by atoms with van der Waals surface area (Å²) in [6.45, 7) is 0.240. The number of aryl methyl sites for hydroxylation is 1. The standard InChI is InChI=1S/C14H20N4O2/c1-17(2)14(20)8-18(3)12-7-11-9(6-10(12)15)4-5-13(19)16-11/h6-7H,4-5,8,15H2,1-3H3,(H,16,19). The van der Waals surface area contributed by atoms with Gasteiger partial charge in [0.15, 0.2) is 0 Å². The average molecular weight is 276 g/mol. The minimum absolute atomic E-state index is 0.00587. The van der Waals surface area contributed by atoms with Crippen molar-refractivity contribution in [1.82, 2.24) is 4.90 Å². The summed E-state index contributed by atoms with van der Waals surface area (Å²) in [7, 11) is 5.24. The number of hydrogen-bond donors (Lipinski definition) is 2. The summed E-state index contributed by atoms with van der Waals surface area (Å²) in [5, 5.41) is 2.84. The lowest BCUT2D eigenvalue weighted by molar-refractivity contribution is -0.127. The van der Waals surface area contributed by atoms with Crippen molar-refractivity contribution >= 4 is 28.9 Å². The molecule has 1 aromatic carbocycles. The molecule has 2 amide bonds. The highest BCUT2D eigenvalue weighted by molar-refractivity contribution is 5.96. The maximum Gasteiger partial charge on any atom is 0.241 e. The van der Waals surface area contributed by atoms with E-state index < -0.39 is 0 Å². The third-order valence-corrected chi connectivity index (χ3v) is 3.43. The SMILES string of the molecule is CN(C)C(=O)CN(C)c1cc2c(cc1N)CCC(=O)N2. The molecule has 0 aromatic heterocycles. The number of benzene rings is 1. The maximum absolute atomic E-state index is 11.8. The molecule has 0 unspecified atom stereocenters. The Morgan fingerprint density at radius 1 is 1.30 bits per heavy atom. The number of carbonyl (C=O) groups is 2. The van der Waals surface area contributed by atoms with E-state index in [1.807, 2.05) is 19.2 Å². The normalized spacial score (nSPS) is 13.4. The third-order valence-electron chi connectivity index (χ3n) is 3.43. The van der Waals surface area contributed by atoms with Gasteiger partial charge in [-0.15, -0.1) is 0 Å². The van der Waals surface area contributed by atoms with Gasteiger partial charge >= 0.3 is 0 Å². The summed E-state index contributed by atoms with van der Waals surface area (Å²) in [6, 6.07) is 3.71. The van der Waals surface area contributed by atoms with Crippen LogP contribution in [0.2, 0.25) is 0 Å². The second kappa shape index (κ2) is 5.40. The average Bonchev–Trinajstić information content (AvgIpc) is 2.38. The zero-order chi connectivity index (χ0) is 14.9. The van der Waals surface area contributed by atoms with Gasteiger partial charge in [-0.25, -0.2) is 0 Å². The highest BCUT2D eigenvalue weighted by Crippen LogP contribution is 2.32. The van der Waals surface area contributed by atoms with Crippen molar-refractivity contribution in [3.63, 3.8) is 0 Å². The zero-order valence-electron chi connectivity index (χ0n) is 12.1. The summed E-state index contributed by atoms with van der Waals surface area (Å²) in [4.78, 5) is 26.5. The summed E-state index contributed by atoms with van der Waals surface area (Å²) in [5.74, 6) is 0.00824. The van der Waals surface area contributed by atoms with E-state index >= 15 is 0 Å². The van der Waals surface area contributed by atoms with Crippen LogP contribution in [0, 0.1) is 0 Å². The first kappa shape index (κ1) is 14.2. The second-order valence-corrected chi connectivity index (χ2v) is 5.26. The molecule has 0 aliphatic carbocycles. The molecule has 2 rings (SSSR count). The van der Waals surface area contributed by atoms with E-state index in [-0.39, 0.29) is 18.4 Å². The molecule has 0 fully saturated rings. The fourth-order valence-corrected chi connectivity index (χ4v) is 2.20. The van der Waals surface area contributed by atoms with Gasteiger partial charge in [-0.3, -0.25) is 9.59 Å². The van der Waals surface area contributed by atoms with E-state index in [9.17, 15) is 9.59 Å². The number of nitrogens with zero attached hydrogens (tertiary/aromatic N) is 2. The quantitative estimate of drug-likeness (QED) is 0.796. The summed E-state index contributed by atoms with van der Waals surface area (Å²) in [6.07, 6.45) is 1.19. The van der Waals surface area contributed by atoms with E-state index in [4.69, 9.17) is 5.73 Å². The Balaban J connectivity index is 2.26. The van der Waals surface area contributed by atoms with Gasteiger partial charge < -0.3 is 20.9 Å². The van der Waals surface area contributed by atoms with Crippen molar-refractivity contribution in [2.24, 2.45) is 0 Å². The van der Waals surface area contributed by atoms with Crippen molar-refractivity contribution in [2.75, 3.05) is 43.6 Å². The largest absolute Gasteiger partial charge is 0.397 e. The molecular formula is C14H20N4O2. The Morgan fingerprint density at radius 3 is 2.65 bits per heavy atom. The Bertz CT molecular complexity index is 554. The Hall–Kier alpha value is -2.24. The van der Waals surface area contributed by atoms with Crippen molar-refractivity contribution in [2.45, 2.75) is 12.8 Å². The number of fused-ring (bicyclic) bond motifs is 1. The molecule has 0 spiro atoms. The highest BCUT2D eigenvalue weighted by Gasteiger charge is 2.19. The van der Waals surface area contributed by atoms with Crippen molar-refractivity contribution in [3.05, 3.63) is 17.7 Å². The molecule has 0 radical (unpaired) electrons. The number of likely N-dealkylation sites (N-methyl/N-ethyl adjacent to an activating group) is 2. The Morgan fingerprint density at radius 2 is 2.00 bits per heavy atom. The molecule has 6 nitrogen and oxygen atoms in total. The highest BCUT2D eigenvalue weighted by atomic mass is 16.2. The number of nitrogen functional groups attached to an aromatic ring is 1. The number of nitrogens with two attached hydrogens (primary N) is 1. The van der Waals surface area contributed by atoms with Gasteiger partial charge in [0.1, 0.15) is 0 Å². The van der Waals surface area contributed by atoms with E-state index in [0.29, 0.717) is 18.5 Å². The van der Waals surface area contributed by atoms with Gasteiger partial charge in [-0.1, -0.05) is 0 Å². The molecular weight excluding hydrogens is 256 g/mol. The number of hydrogen-bond acceptors (Lipinski definition) is 4. The van der Waals surface area contributed by atoms with Crippen molar-refractivity contribution in [3.8, 4) is 0 Å². The summed E-state index contributed by atoms with van der Waals surface area (Å²) < 4.78 is 0. The molecule has 0 saturated carbocycles. The molecule has 0 saturated heterocycles. The number of amides is 2. The number of rotatable bonds is 3. The van der Waals surface area contributed by atoms with Gasteiger partial charge in [0, 0.05) is 33.3 Å². The lowest BCUT2D eigenvalue weighted by Crippen LogP contribution is -2.34. The lowest BCUT2D eigenvalue weighted by atomic mass is 10.0. The Labute approximate surface area is 118 Å². The smallest absolute Gasteiger partial charge is 0.241 e. The zero-order valence-corrected chi connectivity index (χ0v) is 12.1. The second-order valence-electron chi connectivity index (χ2n) is 5.26. The fourth-order valence-electron chi connectivity index (χ4n) is 2.20. The van der Waals surface area contributed by atoms with Gasteiger partial charge in [0.2, 0.25) is 11.8 Å². The molecule has 0 atom stereocenters. The molecule has 20 heavy (non-hydrogen) atoms. The number of carbonyl (C=O) groups excluding carboxylic acids is 2. The predicted molar refractivity (Wildman–Crippen MR) is 79.8 cm³/mol. The Kier molecular flexibility index (Phi) is 3.83. The van der Waals surface area contributed by atoms with Crippen molar-refractivity contribution in [1.29, 1.82) is 0 Å². The van der Waals surface area contributed by atoms with Crippen LogP contribution in [0.25, 0.3) is 0 Å². The summed E-state index contributed by atoms with van der Waals surface area (Å²) in [5.41, 5.74) is 9.25. The van der Waals surface area contributed by atoms with Crippen LogP contribution in [0.5, 0.6) is 0 Å². The molecule has 6 heteroatoms. The van der Waals surface area contributed by atoms with E-state index in [1.54, 1.807) is 19.0 Å². The van der Waals surface area contributed by atoms with E-state index in [1.165, 1.54) is 4.90 Å². The van der Waals surface area contributed by atoms with Crippen LogP contribution >= 0.6 is 0 Å². The van der Waals surface area contributed by atoms with Crippen LogP contribution in [0.4, 0.5) is 17.1 Å². The molecule has 0 bridgehead atoms. The van der Waals surface area contributed by atoms with Crippen LogP contribution in [-0.2, 0) is 16.0 Å². The molecule has 1 aliphatic rings. The fraction of sp³-hybridized carbons (Fsp3) is 0.429. The van der Waals surface area contributed by atoms with E-state index in [0.717, 1.165) is 16.9 Å². The first-order valence-corrected chi connectivity index (χ1v) is 6.52. The van der Waals surface area contributed by atoms with Gasteiger partial charge in [-0.2, -0.15) is 0 Å². The first-order valence-electron chi connectivity index (χ1n) is 6.52. The van der Waals surface area contributed by atoms with Crippen LogP contribution < -0.4 is 16.0 Å². The molecule has 1 aromatic rings. The lowest BCUT2D eigenvalue weighted by Gasteiger charge is -2.25. The first-order chi connectivity index (χ1) is 9.38. The topological polar surface area (TPSA) is 78.7 Å².